The van der Waals surface area contributed by atoms with Crippen molar-refractivity contribution in [1.82, 2.24) is 10.2 Å². The summed E-state index contributed by atoms with van der Waals surface area (Å²) in [5, 5.41) is 20.2. The van der Waals surface area contributed by atoms with Crippen molar-refractivity contribution < 1.29 is 19.8 Å². The normalized spacial score (nSPS) is 28.5. The maximum absolute atomic E-state index is 10.8. The molecule has 1 aliphatic heterocycles. The average molecular weight is 188 g/mol. The molecule has 0 aromatic heterocycles. The first kappa shape index (κ1) is 9.79. The average Bonchev–Trinajstić information content (AvgIpc) is 2.04. The van der Waals surface area contributed by atoms with Crippen LogP contribution >= 0.6 is 0 Å². The Balaban J connectivity index is 2.71. The van der Waals surface area contributed by atoms with Crippen LogP contribution in [0.15, 0.2) is 0 Å². The van der Waals surface area contributed by atoms with Gasteiger partial charge in [-0.15, -0.1) is 0 Å². The van der Waals surface area contributed by atoms with Gasteiger partial charge in [0.05, 0.1) is 6.54 Å². The Kier molecular flexibility index (Phi) is 2.42. The van der Waals surface area contributed by atoms with Crippen molar-refractivity contribution in [2.45, 2.75) is 12.5 Å². The van der Waals surface area contributed by atoms with Crippen LogP contribution < -0.4 is 5.32 Å². The van der Waals surface area contributed by atoms with E-state index >= 15 is 0 Å². The first-order valence-electron chi connectivity index (χ1n) is 3.92. The minimum Gasteiger partial charge on any atom is -0.480 e. The fourth-order valence-electron chi connectivity index (χ4n) is 1.29. The predicted octanol–water partition coefficient (Wildman–Crippen LogP) is -0.587. The molecule has 1 atom stereocenters. The molecule has 0 saturated carbocycles. The second-order valence-corrected chi connectivity index (χ2v) is 3.27. The van der Waals surface area contributed by atoms with Crippen molar-refractivity contribution in [1.29, 1.82) is 0 Å². The highest BCUT2D eigenvalue weighted by atomic mass is 16.4. The lowest BCUT2D eigenvalue weighted by Crippen LogP contribution is -2.63. The van der Waals surface area contributed by atoms with Gasteiger partial charge in [0, 0.05) is 13.1 Å². The molecule has 0 aliphatic carbocycles. The number of piperazine rings is 1. The number of nitrogens with one attached hydrogen (secondary N) is 1. The van der Waals surface area contributed by atoms with Gasteiger partial charge < -0.3 is 15.1 Å². The quantitative estimate of drug-likeness (QED) is 0.512. The molecular weight excluding hydrogens is 176 g/mol. The Morgan fingerprint density at radius 2 is 2.08 bits per heavy atom. The molecule has 1 saturated heterocycles. The summed E-state index contributed by atoms with van der Waals surface area (Å²) >= 11 is 0. The maximum Gasteiger partial charge on any atom is 0.407 e. The highest BCUT2D eigenvalue weighted by molar-refractivity contribution is 5.80. The zero-order chi connectivity index (χ0) is 10.1. The third-order valence-electron chi connectivity index (χ3n) is 2.15. The Bertz CT molecular complexity index is 243. The number of carbonyl (C=O) groups is 2. The topological polar surface area (TPSA) is 89.9 Å². The molecule has 0 aromatic rings. The van der Waals surface area contributed by atoms with Gasteiger partial charge in [-0.25, -0.2) is 4.79 Å². The summed E-state index contributed by atoms with van der Waals surface area (Å²) in [6.07, 6.45) is -1.08. The van der Waals surface area contributed by atoms with E-state index in [1.54, 1.807) is 0 Å². The van der Waals surface area contributed by atoms with Crippen LogP contribution in [-0.4, -0.2) is 52.3 Å². The summed E-state index contributed by atoms with van der Waals surface area (Å²) < 4.78 is 0. The fourth-order valence-corrected chi connectivity index (χ4v) is 1.29. The van der Waals surface area contributed by atoms with Crippen LogP contribution in [0, 0.1) is 0 Å². The molecule has 1 heterocycles. The van der Waals surface area contributed by atoms with Gasteiger partial charge in [0.1, 0.15) is 5.54 Å². The molecule has 6 nitrogen and oxygen atoms in total. The molecule has 1 aliphatic rings. The number of hydrogen-bond donors (Lipinski definition) is 3. The second-order valence-electron chi connectivity index (χ2n) is 3.27. The van der Waals surface area contributed by atoms with E-state index in [-0.39, 0.29) is 6.54 Å². The van der Waals surface area contributed by atoms with Gasteiger partial charge in [0.2, 0.25) is 0 Å². The van der Waals surface area contributed by atoms with Gasteiger partial charge in [-0.3, -0.25) is 10.1 Å². The van der Waals surface area contributed by atoms with Crippen molar-refractivity contribution >= 4 is 12.1 Å². The van der Waals surface area contributed by atoms with Crippen LogP contribution in [-0.2, 0) is 4.79 Å². The van der Waals surface area contributed by atoms with Crippen molar-refractivity contribution in [2.24, 2.45) is 0 Å². The molecule has 74 valence electrons. The molecule has 0 unspecified atom stereocenters. The van der Waals surface area contributed by atoms with E-state index in [9.17, 15) is 9.59 Å². The molecular formula is C7H12N2O4. The van der Waals surface area contributed by atoms with E-state index < -0.39 is 17.6 Å². The lowest BCUT2D eigenvalue weighted by Gasteiger charge is -2.36. The van der Waals surface area contributed by atoms with Crippen LogP contribution in [0.5, 0.6) is 0 Å². The van der Waals surface area contributed by atoms with Crippen molar-refractivity contribution in [3.63, 3.8) is 0 Å². The number of carboxylic acid groups (broad SMARTS) is 2. The number of aliphatic carboxylic acids is 1. The standard InChI is InChI=1S/C7H12N2O4/c1-7(5(10)11)4-9(6(12)13)3-2-8-7/h8H,2-4H2,1H3,(H,10,11)(H,12,13)/t7-/m0/s1. The summed E-state index contributed by atoms with van der Waals surface area (Å²) in [6, 6.07) is 0. The lowest BCUT2D eigenvalue weighted by atomic mass is 10.00. The van der Waals surface area contributed by atoms with Gasteiger partial charge >= 0.3 is 12.1 Å². The van der Waals surface area contributed by atoms with E-state index in [1.165, 1.54) is 6.92 Å². The molecule has 0 aromatic carbocycles. The monoisotopic (exact) mass is 188 g/mol. The fraction of sp³-hybridized carbons (Fsp3) is 0.714. The van der Waals surface area contributed by atoms with E-state index in [1.807, 2.05) is 0 Å². The predicted molar refractivity (Wildman–Crippen MR) is 43.6 cm³/mol. The van der Waals surface area contributed by atoms with Gasteiger partial charge in [-0.05, 0) is 6.92 Å². The Morgan fingerprint density at radius 3 is 2.54 bits per heavy atom. The first-order chi connectivity index (χ1) is 5.96. The molecule has 0 bridgehead atoms. The minimum absolute atomic E-state index is 0.0162. The van der Waals surface area contributed by atoms with Crippen molar-refractivity contribution in [2.75, 3.05) is 19.6 Å². The van der Waals surface area contributed by atoms with Crippen LogP contribution in [0.25, 0.3) is 0 Å². The van der Waals surface area contributed by atoms with Gasteiger partial charge in [0.15, 0.2) is 0 Å². The summed E-state index contributed by atoms with van der Waals surface area (Å²) in [5.41, 5.74) is -1.16. The van der Waals surface area contributed by atoms with Crippen LogP contribution in [0.3, 0.4) is 0 Å². The number of rotatable bonds is 1. The summed E-state index contributed by atoms with van der Waals surface area (Å²) in [5.74, 6) is -1.03. The minimum atomic E-state index is -1.16. The largest absolute Gasteiger partial charge is 0.480 e. The lowest BCUT2D eigenvalue weighted by molar-refractivity contribution is -0.145. The molecule has 3 N–H and O–H groups in total. The molecule has 13 heavy (non-hydrogen) atoms. The maximum atomic E-state index is 10.8. The van der Waals surface area contributed by atoms with E-state index in [2.05, 4.69) is 5.32 Å². The van der Waals surface area contributed by atoms with E-state index in [0.717, 1.165) is 4.90 Å². The molecule has 6 heteroatoms. The van der Waals surface area contributed by atoms with E-state index in [4.69, 9.17) is 10.2 Å². The molecule has 0 radical (unpaired) electrons. The van der Waals surface area contributed by atoms with Gasteiger partial charge in [-0.1, -0.05) is 0 Å². The zero-order valence-corrected chi connectivity index (χ0v) is 7.28. The summed E-state index contributed by atoms with van der Waals surface area (Å²) in [7, 11) is 0. The molecule has 0 spiro atoms. The SMILES string of the molecule is C[C@@]1(C(=O)O)CN(C(=O)O)CCN1. The van der Waals surface area contributed by atoms with Crippen molar-refractivity contribution in [3.05, 3.63) is 0 Å². The molecule has 1 fully saturated rings. The zero-order valence-electron chi connectivity index (χ0n) is 7.28. The Morgan fingerprint density at radius 1 is 1.46 bits per heavy atom. The van der Waals surface area contributed by atoms with Gasteiger partial charge in [-0.2, -0.15) is 0 Å². The number of carboxylic acids is 1. The number of amides is 1. The number of nitrogens with zero attached hydrogens (tertiary/aromatic N) is 1. The van der Waals surface area contributed by atoms with Crippen molar-refractivity contribution in [3.8, 4) is 0 Å². The van der Waals surface area contributed by atoms with Crippen LogP contribution in [0.4, 0.5) is 4.79 Å². The highest BCUT2D eigenvalue weighted by Gasteiger charge is 2.39. The smallest absolute Gasteiger partial charge is 0.407 e. The second kappa shape index (κ2) is 3.21. The Hall–Kier alpha value is -1.30. The van der Waals surface area contributed by atoms with E-state index in [0.29, 0.717) is 13.1 Å². The highest BCUT2D eigenvalue weighted by Crippen LogP contribution is 2.11. The third-order valence-corrected chi connectivity index (χ3v) is 2.15. The molecule has 1 amide bonds. The molecule has 1 rings (SSSR count). The van der Waals surface area contributed by atoms with Gasteiger partial charge in [0.25, 0.3) is 0 Å². The summed E-state index contributed by atoms with van der Waals surface area (Å²) in [4.78, 5) is 22.4. The van der Waals surface area contributed by atoms with Crippen LogP contribution in [0.2, 0.25) is 0 Å². The Labute approximate surface area is 75.1 Å². The summed E-state index contributed by atoms with van der Waals surface area (Å²) in [6.45, 7) is 2.16. The first-order valence-corrected chi connectivity index (χ1v) is 3.92. The van der Waals surface area contributed by atoms with Crippen LogP contribution in [0.1, 0.15) is 6.92 Å². The number of hydrogen-bond acceptors (Lipinski definition) is 3. The third kappa shape index (κ3) is 1.89.